The molecule has 0 aliphatic rings. The van der Waals surface area contributed by atoms with Crippen LogP contribution in [0.3, 0.4) is 0 Å². The Morgan fingerprint density at radius 1 is 1.25 bits per heavy atom. The van der Waals surface area contributed by atoms with Crippen molar-refractivity contribution in [3.8, 4) is 0 Å². The maximum atomic E-state index is 5.98. The van der Waals surface area contributed by atoms with Crippen LogP contribution in [0, 0.1) is 12.8 Å². The fourth-order valence-corrected chi connectivity index (χ4v) is 1.88. The van der Waals surface area contributed by atoms with Gasteiger partial charge in [0.25, 0.3) is 0 Å². The molecule has 0 amide bonds. The van der Waals surface area contributed by atoms with Gasteiger partial charge in [0.2, 0.25) is 0 Å². The Bertz CT molecular complexity index is 421. The molecule has 0 aliphatic carbocycles. The minimum atomic E-state index is 0.220. The van der Waals surface area contributed by atoms with Gasteiger partial charge in [-0.3, -0.25) is 0 Å². The van der Waals surface area contributed by atoms with Crippen molar-refractivity contribution in [2.45, 2.75) is 53.5 Å². The van der Waals surface area contributed by atoms with Crippen molar-refractivity contribution in [3.05, 3.63) is 11.4 Å². The van der Waals surface area contributed by atoms with Crippen molar-refractivity contribution in [2.75, 3.05) is 24.3 Å². The minimum Gasteiger partial charge on any atom is -0.383 e. The Balaban J connectivity index is 2.92. The largest absolute Gasteiger partial charge is 0.383 e. The predicted octanol–water partition coefficient (Wildman–Crippen LogP) is 2.79. The van der Waals surface area contributed by atoms with Gasteiger partial charge in [-0.05, 0) is 26.2 Å². The lowest BCUT2D eigenvalue weighted by molar-refractivity contribution is 0.126. The molecule has 0 spiro atoms. The second-order valence-corrected chi connectivity index (χ2v) is 5.40. The van der Waals surface area contributed by atoms with Crippen molar-refractivity contribution in [1.29, 1.82) is 0 Å². The summed E-state index contributed by atoms with van der Waals surface area (Å²) in [7, 11) is 0. The average Bonchev–Trinajstić information content (AvgIpc) is 2.39. The van der Waals surface area contributed by atoms with E-state index in [1.165, 1.54) is 0 Å². The highest BCUT2D eigenvalue weighted by Gasteiger charge is 2.17. The molecule has 20 heavy (non-hydrogen) atoms. The zero-order valence-electron chi connectivity index (χ0n) is 13.4. The van der Waals surface area contributed by atoms with Crippen LogP contribution in [0.2, 0.25) is 0 Å². The van der Waals surface area contributed by atoms with E-state index in [0.29, 0.717) is 18.3 Å². The standard InChI is InChI=1S/C15H28N4O/c1-6-8-13-18-14(16)11(5)15(19-13)17-12(10(3)4)9-20-7-2/h10,12H,6-9H2,1-5H3,(H3,16,17,18,19). The van der Waals surface area contributed by atoms with Gasteiger partial charge in [-0.25, -0.2) is 9.97 Å². The Hall–Kier alpha value is -1.36. The molecule has 114 valence electrons. The molecule has 0 aliphatic heterocycles. The second-order valence-electron chi connectivity index (χ2n) is 5.40. The third-order valence-corrected chi connectivity index (χ3v) is 3.33. The molecule has 5 heteroatoms. The first kappa shape index (κ1) is 16.7. The van der Waals surface area contributed by atoms with Crippen LogP contribution in [-0.4, -0.2) is 29.2 Å². The summed E-state index contributed by atoms with van der Waals surface area (Å²) in [4.78, 5) is 8.93. The lowest BCUT2D eigenvalue weighted by Gasteiger charge is -2.24. The SMILES string of the molecule is CCCc1nc(N)c(C)c(NC(COCC)C(C)C)n1. The van der Waals surface area contributed by atoms with Crippen LogP contribution in [0.25, 0.3) is 0 Å². The van der Waals surface area contributed by atoms with E-state index in [2.05, 4.69) is 36.1 Å². The van der Waals surface area contributed by atoms with Gasteiger partial charge in [-0.2, -0.15) is 0 Å². The van der Waals surface area contributed by atoms with Crippen LogP contribution in [0.15, 0.2) is 0 Å². The summed E-state index contributed by atoms with van der Waals surface area (Å²) in [5, 5.41) is 3.47. The Morgan fingerprint density at radius 2 is 1.95 bits per heavy atom. The highest BCUT2D eigenvalue weighted by atomic mass is 16.5. The molecule has 0 bridgehead atoms. The molecule has 0 aromatic carbocycles. The lowest BCUT2D eigenvalue weighted by Crippen LogP contribution is -2.32. The highest BCUT2D eigenvalue weighted by molar-refractivity contribution is 5.55. The Labute approximate surface area is 122 Å². The van der Waals surface area contributed by atoms with E-state index in [1.807, 2.05) is 13.8 Å². The fourth-order valence-electron chi connectivity index (χ4n) is 1.88. The Morgan fingerprint density at radius 3 is 2.50 bits per heavy atom. The number of rotatable bonds is 8. The van der Waals surface area contributed by atoms with Gasteiger partial charge in [0, 0.05) is 18.6 Å². The number of anilines is 2. The monoisotopic (exact) mass is 280 g/mol. The zero-order chi connectivity index (χ0) is 15.1. The first-order valence-electron chi connectivity index (χ1n) is 7.46. The van der Waals surface area contributed by atoms with Gasteiger partial charge in [-0.1, -0.05) is 20.8 Å². The van der Waals surface area contributed by atoms with Gasteiger partial charge in [-0.15, -0.1) is 0 Å². The van der Waals surface area contributed by atoms with Gasteiger partial charge in [0.1, 0.15) is 17.5 Å². The van der Waals surface area contributed by atoms with Gasteiger partial charge < -0.3 is 15.8 Å². The molecule has 1 rings (SSSR count). The summed E-state index contributed by atoms with van der Waals surface area (Å²) < 4.78 is 5.54. The number of aromatic nitrogens is 2. The summed E-state index contributed by atoms with van der Waals surface area (Å²) >= 11 is 0. The van der Waals surface area contributed by atoms with E-state index < -0.39 is 0 Å². The Kier molecular flexibility index (Phi) is 6.71. The van der Waals surface area contributed by atoms with E-state index >= 15 is 0 Å². The first-order chi connectivity index (χ1) is 9.49. The summed E-state index contributed by atoms with van der Waals surface area (Å²) in [6.07, 6.45) is 1.85. The van der Waals surface area contributed by atoms with E-state index in [0.717, 1.165) is 36.7 Å². The van der Waals surface area contributed by atoms with Crippen LogP contribution >= 0.6 is 0 Å². The van der Waals surface area contributed by atoms with E-state index in [1.54, 1.807) is 0 Å². The number of nitrogen functional groups attached to an aromatic ring is 1. The molecular weight excluding hydrogens is 252 g/mol. The van der Waals surface area contributed by atoms with Crippen molar-refractivity contribution in [3.63, 3.8) is 0 Å². The van der Waals surface area contributed by atoms with Crippen LogP contribution in [0.5, 0.6) is 0 Å². The van der Waals surface area contributed by atoms with Crippen molar-refractivity contribution < 1.29 is 4.74 Å². The normalized spacial score (nSPS) is 12.7. The summed E-state index contributed by atoms with van der Waals surface area (Å²) in [5.74, 6) is 2.65. The van der Waals surface area contributed by atoms with Crippen molar-refractivity contribution in [1.82, 2.24) is 9.97 Å². The molecule has 1 unspecified atom stereocenters. The maximum Gasteiger partial charge on any atom is 0.135 e. The molecule has 1 heterocycles. The highest BCUT2D eigenvalue weighted by Crippen LogP contribution is 2.20. The van der Waals surface area contributed by atoms with Gasteiger partial charge >= 0.3 is 0 Å². The van der Waals surface area contributed by atoms with Crippen LogP contribution in [0.4, 0.5) is 11.6 Å². The summed E-state index contributed by atoms with van der Waals surface area (Å²) in [6.45, 7) is 11.8. The van der Waals surface area contributed by atoms with E-state index in [9.17, 15) is 0 Å². The molecule has 0 fully saturated rings. The van der Waals surface area contributed by atoms with Crippen LogP contribution < -0.4 is 11.1 Å². The first-order valence-corrected chi connectivity index (χ1v) is 7.46. The van der Waals surface area contributed by atoms with Gasteiger partial charge in [0.05, 0.1) is 12.6 Å². The van der Waals surface area contributed by atoms with Crippen LogP contribution in [-0.2, 0) is 11.2 Å². The topological polar surface area (TPSA) is 73.1 Å². The number of ether oxygens (including phenoxy) is 1. The van der Waals surface area contributed by atoms with Crippen LogP contribution in [0.1, 0.15) is 45.5 Å². The maximum absolute atomic E-state index is 5.98. The third-order valence-electron chi connectivity index (χ3n) is 3.33. The molecule has 1 aromatic rings. The quantitative estimate of drug-likeness (QED) is 0.766. The van der Waals surface area contributed by atoms with Crippen molar-refractivity contribution in [2.24, 2.45) is 5.92 Å². The molecule has 1 aromatic heterocycles. The predicted molar refractivity (Wildman–Crippen MR) is 83.9 cm³/mol. The number of hydrogen-bond donors (Lipinski definition) is 2. The molecule has 0 saturated heterocycles. The molecule has 0 saturated carbocycles. The number of hydrogen-bond acceptors (Lipinski definition) is 5. The molecule has 5 nitrogen and oxygen atoms in total. The number of nitrogens with two attached hydrogens (primary N) is 1. The second kappa shape index (κ2) is 8.04. The fraction of sp³-hybridized carbons (Fsp3) is 0.733. The number of aryl methyl sites for hydroxylation is 1. The van der Waals surface area contributed by atoms with Crippen molar-refractivity contribution >= 4 is 11.6 Å². The number of nitrogens with zero attached hydrogens (tertiary/aromatic N) is 2. The summed E-state index contributed by atoms with van der Waals surface area (Å²) in [6, 6.07) is 0.220. The molecule has 3 N–H and O–H groups in total. The summed E-state index contributed by atoms with van der Waals surface area (Å²) in [5.41, 5.74) is 6.89. The van der Waals surface area contributed by atoms with Gasteiger partial charge in [0.15, 0.2) is 0 Å². The lowest BCUT2D eigenvalue weighted by atomic mass is 10.1. The third kappa shape index (κ3) is 4.63. The minimum absolute atomic E-state index is 0.220. The van der Waals surface area contributed by atoms with E-state index in [-0.39, 0.29) is 6.04 Å². The van der Waals surface area contributed by atoms with E-state index in [4.69, 9.17) is 10.5 Å². The smallest absolute Gasteiger partial charge is 0.135 e. The zero-order valence-corrected chi connectivity index (χ0v) is 13.4. The molecular formula is C15H28N4O. The molecule has 1 atom stereocenters. The molecule has 0 radical (unpaired) electrons. The number of nitrogens with one attached hydrogen (secondary N) is 1. The average molecular weight is 280 g/mol.